The lowest BCUT2D eigenvalue weighted by atomic mass is 9.93. The van der Waals surface area contributed by atoms with E-state index in [-0.39, 0.29) is 5.41 Å². The first-order chi connectivity index (χ1) is 10.6. The first-order valence-corrected chi connectivity index (χ1v) is 7.72. The largest absolute Gasteiger partial charge is 0.354 e. The number of fused-ring (bicyclic) bond motifs is 3. The molecular formula is C21H19N. The van der Waals surface area contributed by atoms with Gasteiger partial charge in [-0.25, -0.2) is 0 Å². The molecule has 0 saturated heterocycles. The summed E-state index contributed by atoms with van der Waals surface area (Å²) in [6.07, 6.45) is 11.1. The molecule has 0 atom stereocenters. The molecule has 108 valence electrons. The molecule has 0 bridgehead atoms. The number of rotatable bonds is 1. The smallest absolute Gasteiger partial charge is 0.0471 e. The topological polar surface area (TPSA) is 15.8 Å². The van der Waals surface area contributed by atoms with Crippen molar-refractivity contribution in [1.82, 2.24) is 4.98 Å². The summed E-state index contributed by atoms with van der Waals surface area (Å²) in [4.78, 5) is 3.52. The molecule has 4 rings (SSSR count). The van der Waals surface area contributed by atoms with Crippen LogP contribution < -0.4 is 0 Å². The van der Waals surface area contributed by atoms with Crippen LogP contribution in [0.5, 0.6) is 0 Å². The maximum atomic E-state index is 3.52. The summed E-state index contributed by atoms with van der Waals surface area (Å²) in [6.45, 7) is 4.44. The number of H-pyrrole nitrogens is 1. The van der Waals surface area contributed by atoms with Crippen molar-refractivity contribution in [3.05, 3.63) is 78.4 Å². The van der Waals surface area contributed by atoms with Crippen LogP contribution in [0.4, 0.5) is 0 Å². The Morgan fingerprint density at radius 1 is 0.864 bits per heavy atom. The van der Waals surface area contributed by atoms with Crippen LogP contribution in [0.15, 0.2) is 72.8 Å². The van der Waals surface area contributed by atoms with Gasteiger partial charge in [0.05, 0.1) is 0 Å². The lowest BCUT2D eigenvalue weighted by molar-refractivity contribution is 0.627. The number of allylic oxidation sites excluding steroid dienone is 6. The maximum absolute atomic E-state index is 3.52. The van der Waals surface area contributed by atoms with Gasteiger partial charge in [-0.2, -0.15) is 0 Å². The van der Waals surface area contributed by atoms with E-state index in [1.54, 1.807) is 0 Å². The number of para-hydroxylation sites is 1. The maximum Gasteiger partial charge on any atom is 0.0471 e. The fourth-order valence-electron chi connectivity index (χ4n) is 3.04. The number of aromatic amines is 1. The average molecular weight is 285 g/mol. The first kappa shape index (κ1) is 13.1. The lowest BCUT2D eigenvalue weighted by Crippen LogP contribution is -2.00. The molecule has 1 aliphatic carbocycles. The van der Waals surface area contributed by atoms with Crippen LogP contribution in [-0.2, 0) is 0 Å². The monoisotopic (exact) mass is 285 g/mol. The van der Waals surface area contributed by atoms with Gasteiger partial charge >= 0.3 is 0 Å². The number of hydrogen-bond acceptors (Lipinski definition) is 0. The van der Waals surface area contributed by atoms with Gasteiger partial charge in [-0.1, -0.05) is 74.6 Å². The van der Waals surface area contributed by atoms with Crippen molar-refractivity contribution in [3.63, 3.8) is 0 Å². The summed E-state index contributed by atoms with van der Waals surface area (Å²) in [7, 11) is 0. The van der Waals surface area contributed by atoms with Crippen molar-refractivity contribution in [2.24, 2.45) is 5.41 Å². The molecule has 0 amide bonds. The van der Waals surface area contributed by atoms with Crippen LogP contribution in [0.2, 0.25) is 0 Å². The molecule has 1 nitrogen and oxygen atoms in total. The van der Waals surface area contributed by atoms with E-state index in [9.17, 15) is 0 Å². The Morgan fingerprint density at radius 2 is 1.68 bits per heavy atom. The molecule has 1 N–H and O–H groups in total. The van der Waals surface area contributed by atoms with Crippen molar-refractivity contribution in [2.75, 3.05) is 0 Å². The fraction of sp³-hybridized carbons (Fsp3) is 0.143. The van der Waals surface area contributed by atoms with Crippen LogP contribution in [0.25, 0.3) is 27.4 Å². The molecule has 1 aliphatic rings. The van der Waals surface area contributed by atoms with Crippen LogP contribution in [0, 0.1) is 5.41 Å². The first-order valence-electron chi connectivity index (χ1n) is 7.72. The molecule has 1 aromatic heterocycles. The van der Waals surface area contributed by atoms with Gasteiger partial charge in [-0.05, 0) is 23.3 Å². The highest BCUT2D eigenvalue weighted by Crippen LogP contribution is 2.30. The minimum Gasteiger partial charge on any atom is -0.354 e. The molecule has 0 fully saturated rings. The third-order valence-corrected chi connectivity index (χ3v) is 4.33. The highest BCUT2D eigenvalue weighted by atomic mass is 14.7. The van der Waals surface area contributed by atoms with Crippen molar-refractivity contribution in [1.29, 1.82) is 0 Å². The van der Waals surface area contributed by atoms with Crippen molar-refractivity contribution in [3.8, 4) is 0 Å². The van der Waals surface area contributed by atoms with E-state index in [4.69, 9.17) is 0 Å². The Balaban J connectivity index is 1.85. The summed E-state index contributed by atoms with van der Waals surface area (Å²) in [6, 6.07) is 15.1. The van der Waals surface area contributed by atoms with E-state index in [1.807, 2.05) is 0 Å². The molecule has 0 aliphatic heterocycles. The Morgan fingerprint density at radius 3 is 2.59 bits per heavy atom. The van der Waals surface area contributed by atoms with Gasteiger partial charge in [0.2, 0.25) is 0 Å². The average Bonchev–Trinajstić information content (AvgIpc) is 2.77. The molecule has 0 saturated carbocycles. The second-order valence-corrected chi connectivity index (χ2v) is 6.57. The zero-order valence-corrected chi connectivity index (χ0v) is 12.9. The van der Waals surface area contributed by atoms with Gasteiger partial charge in [0.15, 0.2) is 0 Å². The van der Waals surface area contributed by atoms with Gasteiger partial charge in [-0.15, -0.1) is 0 Å². The zero-order chi connectivity index (χ0) is 15.2. The highest BCUT2D eigenvalue weighted by molar-refractivity contribution is 6.07. The van der Waals surface area contributed by atoms with Crippen molar-refractivity contribution < 1.29 is 0 Å². The van der Waals surface area contributed by atoms with Crippen molar-refractivity contribution >= 4 is 27.4 Å². The Kier molecular flexibility index (Phi) is 2.83. The van der Waals surface area contributed by atoms with E-state index in [2.05, 4.69) is 91.7 Å². The van der Waals surface area contributed by atoms with Gasteiger partial charge in [-0.3, -0.25) is 0 Å². The van der Waals surface area contributed by atoms with E-state index < -0.39 is 0 Å². The molecule has 0 spiro atoms. The summed E-state index contributed by atoms with van der Waals surface area (Å²) in [5.74, 6) is 0. The number of aromatic nitrogens is 1. The van der Waals surface area contributed by atoms with Gasteiger partial charge in [0.1, 0.15) is 0 Å². The second-order valence-electron chi connectivity index (χ2n) is 6.57. The molecule has 0 unspecified atom stereocenters. The van der Waals surface area contributed by atoms with Gasteiger partial charge in [0.25, 0.3) is 0 Å². The van der Waals surface area contributed by atoms with E-state index in [0.29, 0.717) is 0 Å². The molecular weight excluding hydrogens is 266 g/mol. The minimum atomic E-state index is 0.115. The number of nitrogens with one attached hydrogen (secondary N) is 1. The van der Waals surface area contributed by atoms with Gasteiger partial charge < -0.3 is 4.98 Å². The van der Waals surface area contributed by atoms with Crippen LogP contribution in [0.3, 0.4) is 0 Å². The normalized spacial score (nSPS) is 16.9. The predicted octanol–water partition coefficient (Wildman–Crippen LogP) is 5.86. The van der Waals surface area contributed by atoms with Crippen molar-refractivity contribution in [2.45, 2.75) is 13.8 Å². The standard InChI is InChI=1S/C21H19N/c1-21(2)12-5-6-15(11-13-21)16-9-10-18-17-7-3-4-8-19(17)22-20(18)14-16/h3-14,22H,1-2H3. The van der Waals surface area contributed by atoms with E-state index >= 15 is 0 Å². The molecule has 1 heterocycles. The molecule has 1 heteroatoms. The SMILES string of the molecule is CC1(C)C=CC=C(c2ccc3c(c2)[nH]c2ccccc23)C=C1. The quantitative estimate of drug-likeness (QED) is 0.576. The van der Waals surface area contributed by atoms with Crippen LogP contribution >= 0.6 is 0 Å². The molecule has 0 radical (unpaired) electrons. The highest BCUT2D eigenvalue weighted by Gasteiger charge is 2.12. The fourth-order valence-corrected chi connectivity index (χ4v) is 3.04. The number of benzene rings is 2. The van der Waals surface area contributed by atoms with Crippen LogP contribution in [0.1, 0.15) is 19.4 Å². The summed E-state index contributed by atoms with van der Waals surface area (Å²) in [5, 5.41) is 2.57. The summed E-state index contributed by atoms with van der Waals surface area (Å²) >= 11 is 0. The zero-order valence-electron chi connectivity index (χ0n) is 12.9. The molecule has 3 aromatic rings. The Hall–Kier alpha value is -2.54. The second kappa shape index (κ2) is 4.74. The number of hydrogen-bond donors (Lipinski definition) is 1. The molecule has 22 heavy (non-hydrogen) atoms. The summed E-state index contributed by atoms with van der Waals surface area (Å²) < 4.78 is 0. The third kappa shape index (κ3) is 2.19. The Labute approximate surface area is 130 Å². The molecule has 2 aromatic carbocycles. The Bertz CT molecular complexity index is 948. The predicted molar refractivity (Wildman–Crippen MR) is 95.8 cm³/mol. The van der Waals surface area contributed by atoms with Gasteiger partial charge in [0, 0.05) is 27.2 Å². The van der Waals surface area contributed by atoms with E-state index in [1.165, 1.54) is 32.9 Å². The lowest BCUT2D eigenvalue weighted by Gasteiger charge is -2.12. The van der Waals surface area contributed by atoms with E-state index in [0.717, 1.165) is 0 Å². The third-order valence-electron chi connectivity index (χ3n) is 4.33. The minimum absolute atomic E-state index is 0.115. The van der Waals surface area contributed by atoms with Crippen LogP contribution in [-0.4, -0.2) is 4.98 Å². The summed E-state index contributed by atoms with van der Waals surface area (Å²) in [5.41, 5.74) is 5.00.